The van der Waals surface area contributed by atoms with Gasteiger partial charge in [-0.3, -0.25) is 14.6 Å². The second-order valence-electron chi connectivity index (χ2n) is 12.6. The van der Waals surface area contributed by atoms with Gasteiger partial charge in [-0.2, -0.15) is 4.31 Å². The highest BCUT2D eigenvalue weighted by molar-refractivity contribution is 7.89. The number of carbonyl (C=O) groups excluding carboxylic acids is 2. The van der Waals surface area contributed by atoms with Gasteiger partial charge in [-0.1, -0.05) is 48.9 Å². The molecule has 3 atom stereocenters. The number of aromatic nitrogens is 1. The minimum Gasteiger partial charge on any atom is -0.480 e. The highest BCUT2D eigenvalue weighted by atomic mass is 32.2. The van der Waals surface area contributed by atoms with Crippen LogP contribution in [0.2, 0.25) is 0 Å². The molecule has 2 amide bonds. The molecule has 1 aliphatic rings. The Hall–Kier alpha value is -5.15. The quantitative estimate of drug-likeness (QED) is 0.0644. The number of anilines is 1. The number of aromatic amines is 1. The van der Waals surface area contributed by atoms with Gasteiger partial charge in [-0.05, 0) is 49.4 Å². The molecule has 5 rings (SSSR count). The molecule has 2 heterocycles. The van der Waals surface area contributed by atoms with Crippen molar-refractivity contribution >= 4 is 61.1 Å². The molecule has 4 aromatic rings. The first-order valence-corrected chi connectivity index (χ1v) is 18.0. The maximum absolute atomic E-state index is 14.4. The van der Waals surface area contributed by atoms with Crippen LogP contribution in [0.3, 0.4) is 0 Å². The fourth-order valence-corrected chi connectivity index (χ4v) is 8.36. The van der Waals surface area contributed by atoms with Crippen LogP contribution < -0.4 is 27.0 Å². The van der Waals surface area contributed by atoms with Crippen LogP contribution >= 0.6 is 0 Å². The lowest BCUT2D eigenvalue weighted by Crippen LogP contribution is -2.58. The Bertz CT molecular complexity index is 2010. The molecule has 14 nitrogen and oxygen atoms in total. The number of nitrogens with two attached hydrogens (primary N) is 2. The number of benzene rings is 3. The largest absolute Gasteiger partial charge is 0.480 e. The Morgan fingerprint density at radius 1 is 0.980 bits per heavy atom. The van der Waals surface area contributed by atoms with Gasteiger partial charge in [0.05, 0.1) is 4.90 Å². The molecule has 0 unspecified atom stereocenters. The summed E-state index contributed by atoms with van der Waals surface area (Å²) in [7, 11) is -0.399. The molecule has 1 aromatic heterocycles. The average molecular weight is 705 g/mol. The number of guanidine groups is 1. The molecule has 0 saturated carbocycles. The Balaban J connectivity index is 1.43. The number of carboxylic acid groups (broad SMARTS) is 1. The van der Waals surface area contributed by atoms with Crippen LogP contribution in [0.25, 0.3) is 21.7 Å². The Kier molecular flexibility index (Phi) is 11.3. The first-order chi connectivity index (χ1) is 23.9. The van der Waals surface area contributed by atoms with Gasteiger partial charge >= 0.3 is 5.97 Å². The summed E-state index contributed by atoms with van der Waals surface area (Å²) in [4.78, 5) is 49.1. The molecule has 1 saturated heterocycles. The van der Waals surface area contributed by atoms with E-state index >= 15 is 0 Å². The topological polar surface area (TPSA) is 216 Å². The lowest BCUT2D eigenvalue weighted by atomic mass is 10.0. The van der Waals surface area contributed by atoms with Crippen LogP contribution in [0.5, 0.6) is 0 Å². The van der Waals surface area contributed by atoms with Crippen LogP contribution in [0.4, 0.5) is 5.69 Å². The van der Waals surface area contributed by atoms with Crippen molar-refractivity contribution in [2.75, 3.05) is 32.1 Å². The summed E-state index contributed by atoms with van der Waals surface area (Å²) in [6, 6.07) is 14.5. The van der Waals surface area contributed by atoms with E-state index in [1.165, 1.54) is 4.31 Å². The molecule has 8 N–H and O–H groups in total. The third kappa shape index (κ3) is 8.00. The summed E-state index contributed by atoms with van der Waals surface area (Å²) in [5.74, 6) is -2.73. The number of nitrogens with one attached hydrogen (secondary N) is 3. The van der Waals surface area contributed by atoms with Crippen molar-refractivity contribution in [2.45, 2.75) is 61.5 Å². The number of piperidine rings is 1. The second kappa shape index (κ2) is 15.6. The highest BCUT2D eigenvalue weighted by Crippen LogP contribution is 2.34. The summed E-state index contributed by atoms with van der Waals surface area (Å²) in [6.07, 6.45) is 3.52. The number of aliphatic carboxylic acids is 1. The second-order valence-corrected chi connectivity index (χ2v) is 14.5. The molecule has 3 aromatic carbocycles. The van der Waals surface area contributed by atoms with Crippen LogP contribution in [-0.4, -0.2) is 91.9 Å². The third-order valence-electron chi connectivity index (χ3n) is 8.98. The number of para-hydroxylation sites is 1. The van der Waals surface area contributed by atoms with Crippen molar-refractivity contribution in [3.63, 3.8) is 0 Å². The lowest BCUT2D eigenvalue weighted by molar-refractivity contribution is -0.142. The monoisotopic (exact) mass is 704 g/mol. The Labute approximate surface area is 290 Å². The summed E-state index contributed by atoms with van der Waals surface area (Å²) in [5.41, 5.74) is 13.1. The molecule has 1 aliphatic heterocycles. The predicted octanol–water partition coefficient (Wildman–Crippen LogP) is 2.28. The van der Waals surface area contributed by atoms with E-state index in [4.69, 9.17) is 11.5 Å². The van der Waals surface area contributed by atoms with E-state index in [1.807, 2.05) is 55.4 Å². The van der Waals surface area contributed by atoms with Gasteiger partial charge in [0.25, 0.3) is 0 Å². The predicted molar refractivity (Wildman–Crippen MR) is 193 cm³/mol. The van der Waals surface area contributed by atoms with E-state index in [2.05, 4.69) is 20.6 Å². The van der Waals surface area contributed by atoms with E-state index in [1.54, 1.807) is 30.5 Å². The molecule has 0 radical (unpaired) electrons. The van der Waals surface area contributed by atoms with E-state index < -0.39 is 45.9 Å². The number of carbonyl (C=O) groups is 3. The van der Waals surface area contributed by atoms with Crippen molar-refractivity contribution in [1.29, 1.82) is 0 Å². The lowest BCUT2D eigenvalue weighted by Gasteiger charge is -2.35. The van der Waals surface area contributed by atoms with Crippen molar-refractivity contribution in [3.8, 4) is 0 Å². The van der Waals surface area contributed by atoms with Crippen molar-refractivity contribution in [3.05, 3.63) is 72.4 Å². The fraction of sp³-hybridized carbons (Fsp3) is 0.371. The SMILES string of the molecule is CN(C)c1cccc2c(S(=O)(=O)N3CCCC[C@H]3C(=O)N[C@@H](Cc3c[nH]c4ccccc34)C(=O)N[C@@H](CCCN=C(N)N)C(=O)O)cccc12. The third-order valence-corrected chi connectivity index (χ3v) is 10.9. The van der Waals surface area contributed by atoms with E-state index in [0.29, 0.717) is 18.2 Å². The summed E-state index contributed by atoms with van der Waals surface area (Å²) < 4.78 is 30.0. The molecule has 0 spiro atoms. The van der Waals surface area contributed by atoms with Gasteiger partial charge in [-0.15, -0.1) is 0 Å². The summed E-state index contributed by atoms with van der Waals surface area (Å²) in [6.45, 7) is 0.303. The first-order valence-electron chi connectivity index (χ1n) is 16.5. The van der Waals surface area contributed by atoms with Crippen LogP contribution in [0.15, 0.2) is 76.7 Å². The molecule has 266 valence electrons. The van der Waals surface area contributed by atoms with Crippen LogP contribution in [0, 0.1) is 0 Å². The van der Waals surface area contributed by atoms with Crippen molar-refractivity contribution < 1.29 is 27.9 Å². The molecule has 1 fully saturated rings. The zero-order valence-electron chi connectivity index (χ0n) is 28.1. The highest BCUT2D eigenvalue weighted by Gasteiger charge is 2.40. The Morgan fingerprint density at radius 3 is 2.44 bits per heavy atom. The van der Waals surface area contributed by atoms with Crippen molar-refractivity contribution in [1.82, 2.24) is 19.9 Å². The molecule has 50 heavy (non-hydrogen) atoms. The zero-order chi connectivity index (χ0) is 36.0. The number of carboxylic acids is 1. The smallest absolute Gasteiger partial charge is 0.326 e. The number of fused-ring (bicyclic) bond motifs is 2. The average Bonchev–Trinajstić information content (AvgIpc) is 3.50. The van der Waals surface area contributed by atoms with E-state index in [-0.39, 0.29) is 49.6 Å². The molecule has 15 heteroatoms. The molecular formula is C35H44N8O6S. The molecule has 0 bridgehead atoms. The normalized spacial score (nSPS) is 16.4. The maximum atomic E-state index is 14.4. The van der Waals surface area contributed by atoms with Gasteiger partial charge in [-0.25, -0.2) is 13.2 Å². The van der Waals surface area contributed by atoms with Gasteiger partial charge < -0.3 is 37.1 Å². The number of H-pyrrole nitrogens is 1. The zero-order valence-corrected chi connectivity index (χ0v) is 28.9. The van der Waals surface area contributed by atoms with Crippen molar-refractivity contribution in [2.24, 2.45) is 16.5 Å². The number of amides is 2. The van der Waals surface area contributed by atoms with E-state index in [0.717, 1.165) is 27.5 Å². The van der Waals surface area contributed by atoms with Crippen LogP contribution in [-0.2, 0) is 30.8 Å². The molecular weight excluding hydrogens is 661 g/mol. The van der Waals surface area contributed by atoms with Gasteiger partial charge in [0.1, 0.15) is 18.1 Å². The number of nitrogens with zero attached hydrogens (tertiary/aromatic N) is 3. The summed E-state index contributed by atoms with van der Waals surface area (Å²) in [5, 5.41) is 17.4. The van der Waals surface area contributed by atoms with Gasteiger partial charge in [0.2, 0.25) is 21.8 Å². The number of hydrogen-bond acceptors (Lipinski definition) is 7. The molecule has 0 aliphatic carbocycles. The fourth-order valence-electron chi connectivity index (χ4n) is 6.49. The summed E-state index contributed by atoms with van der Waals surface area (Å²) >= 11 is 0. The van der Waals surface area contributed by atoms with Gasteiger partial charge in [0, 0.05) is 67.2 Å². The standard InChI is InChI=1S/C35H44N8O6S/c1-42(2)29-16-7-12-25-24(29)11-8-17-31(25)50(48,49)43-19-6-5-15-30(43)33(45)41-28(20-22-21-39-26-13-4-3-10-23(22)26)32(44)40-27(34(46)47)14-9-18-38-35(36)37/h3-4,7-8,10-13,16-17,21,27-28,30,39H,5-6,9,14-15,18-20H2,1-2H3,(H,40,44)(H,41,45)(H,46,47)(H4,36,37,38)/t27-,28-,30-/m0/s1. The first kappa shape index (κ1) is 36.1. The number of aliphatic imine (C=N–C) groups is 1. The maximum Gasteiger partial charge on any atom is 0.326 e. The van der Waals surface area contributed by atoms with Gasteiger partial charge in [0.15, 0.2) is 5.96 Å². The minimum atomic E-state index is -4.17. The number of hydrogen-bond donors (Lipinski definition) is 6. The number of sulfonamides is 1. The minimum absolute atomic E-state index is 0.0258. The van der Waals surface area contributed by atoms with Crippen LogP contribution in [0.1, 0.15) is 37.7 Å². The Morgan fingerprint density at radius 2 is 1.70 bits per heavy atom. The number of rotatable bonds is 14. The van der Waals surface area contributed by atoms with E-state index in [9.17, 15) is 27.9 Å².